The summed E-state index contributed by atoms with van der Waals surface area (Å²) in [5, 5.41) is 6.12. The molecule has 1 aromatic heterocycles. The molecule has 2 atom stereocenters. The third-order valence-electron chi connectivity index (χ3n) is 4.37. The van der Waals surface area contributed by atoms with E-state index in [0.29, 0.717) is 29.8 Å². The summed E-state index contributed by atoms with van der Waals surface area (Å²) in [5.74, 6) is 1.41. The van der Waals surface area contributed by atoms with E-state index in [4.69, 9.17) is 11.6 Å². The molecule has 5 heteroatoms. The lowest BCUT2D eigenvalue weighted by molar-refractivity contribution is -0.134. The van der Waals surface area contributed by atoms with Crippen molar-refractivity contribution in [2.24, 2.45) is 11.8 Å². The number of aromatic nitrogens is 2. The Balaban J connectivity index is 1.66. The molecule has 3 rings (SSSR count). The van der Waals surface area contributed by atoms with Crippen molar-refractivity contribution in [3.63, 3.8) is 0 Å². The Morgan fingerprint density at radius 1 is 1.32 bits per heavy atom. The molecule has 0 aliphatic carbocycles. The minimum Gasteiger partial charge on any atom is -0.342 e. The van der Waals surface area contributed by atoms with Crippen molar-refractivity contribution in [2.75, 3.05) is 13.1 Å². The van der Waals surface area contributed by atoms with Crippen LogP contribution < -0.4 is 0 Å². The summed E-state index contributed by atoms with van der Waals surface area (Å²) in [6.07, 6.45) is 3.52. The molecule has 0 saturated carbocycles. The molecule has 0 unspecified atom stereocenters. The van der Waals surface area contributed by atoms with Gasteiger partial charge in [0.1, 0.15) is 0 Å². The van der Waals surface area contributed by atoms with Gasteiger partial charge in [-0.25, -0.2) is 0 Å². The molecule has 1 aliphatic heterocycles. The minimum absolute atomic E-state index is 0.226. The van der Waals surface area contributed by atoms with E-state index in [1.165, 1.54) is 6.42 Å². The number of aryl methyl sites for hydroxylation is 1. The highest BCUT2D eigenvalue weighted by Gasteiger charge is 2.25. The van der Waals surface area contributed by atoms with Crippen LogP contribution in [0.1, 0.15) is 26.7 Å². The van der Waals surface area contributed by atoms with Gasteiger partial charge in [-0.2, -0.15) is 5.10 Å². The number of likely N-dealkylation sites (tertiary alicyclic amines) is 1. The smallest absolute Gasteiger partial charge is 0.224 e. The summed E-state index contributed by atoms with van der Waals surface area (Å²) < 4.78 is 1.87. The summed E-state index contributed by atoms with van der Waals surface area (Å²) >= 11 is 6.05. The molecule has 2 heterocycles. The summed E-state index contributed by atoms with van der Waals surface area (Å²) in [6, 6.07) is 5.72. The monoisotopic (exact) mass is 319 g/mol. The van der Waals surface area contributed by atoms with Gasteiger partial charge in [-0.3, -0.25) is 9.48 Å². The van der Waals surface area contributed by atoms with Gasteiger partial charge >= 0.3 is 0 Å². The van der Waals surface area contributed by atoms with Gasteiger partial charge in [0, 0.05) is 29.9 Å². The van der Waals surface area contributed by atoms with Crippen molar-refractivity contribution in [1.29, 1.82) is 0 Å². The van der Waals surface area contributed by atoms with Crippen LogP contribution in [0.4, 0.5) is 0 Å². The molecular formula is C17H22ClN3O. The zero-order valence-electron chi connectivity index (χ0n) is 13.1. The predicted octanol–water partition coefficient (Wildman–Crippen LogP) is 3.58. The molecule has 118 valence electrons. The molecule has 1 amide bonds. The zero-order valence-corrected chi connectivity index (χ0v) is 13.9. The molecule has 2 aromatic rings. The van der Waals surface area contributed by atoms with E-state index >= 15 is 0 Å². The van der Waals surface area contributed by atoms with Crippen molar-refractivity contribution in [3.8, 4) is 0 Å². The highest BCUT2D eigenvalue weighted by molar-refractivity contribution is 6.31. The maximum Gasteiger partial charge on any atom is 0.224 e. The number of rotatable bonds is 3. The number of carbonyl (C=O) groups excluding carboxylic acids is 1. The van der Waals surface area contributed by atoms with E-state index in [1.807, 2.05) is 34.0 Å². The van der Waals surface area contributed by atoms with Gasteiger partial charge in [0.05, 0.1) is 18.3 Å². The highest BCUT2D eigenvalue weighted by Crippen LogP contribution is 2.22. The van der Waals surface area contributed by atoms with Gasteiger partial charge < -0.3 is 4.90 Å². The average Bonchev–Trinajstić information content (AvgIpc) is 2.86. The molecule has 4 nitrogen and oxygen atoms in total. The van der Waals surface area contributed by atoms with E-state index < -0.39 is 0 Å². The van der Waals surface area contributed by atoms with Gasteiger partial charge in [0.15, 0.2) is 0 Å². The fourth-order valence-electron chi connectivity index (χ4n) is 3.45. The van der Waals surface area contributed by atoms with Crippen LogP contribution in [-0.4, -0.2) is 33.7 Å². The first-order chi connectivity index (χ1) is 10.5. The lowest BCUT2D eigenvalue weighted by Crippen LogP contribution is -2.42. The van der Waals surface area contributed by atoms with Crippen LogP contribution in [-0.2, 0) is 11.3 Å². The molecule has 22 heavy (non-hydrogen) atoms. The van der Waals surface area contributed by atoms with Crippen LogP contribution in [0, 0.1) is 11.8 Å². The number of carbonyl (C=O) groups is 1. The van der Waals surface area contributed by atoms with Crippen molar-refractivity contribution < 1.29 is 4.79 Å². The van der Waals surface area contributed by atoms with E-state index in [-0.39, 0.29) is 5.91 Å². The topological polar surface area (TPSA) is 38.1 Å². The second-order valence-electron chi connectivity index (χ2n) is 6.57. The molecule has 1 aromatic carbocycles. The van der Waals surface area contributed by atoms with E-state index in [1.54, 1.807) is 0 Å². The van der Waals surface area contributed by atoms with Crippen LogP contribution in [0.15, 0.2) is 24.4 Å². The molecule has 0 bridgehead atoms. The Kier molecular flexibility index (Phi) is 4.39. The van der Waals surface area contributed by atoms with Gasteiger partial charge in [-0.15, -0.1) is 0 Å². The van der Waals surface area contributed by atoms with E-state index in [0.717, 1.165) is 24.0 Å². The second-order valence-corrected chi connectivity index (χ2v) is 7.00. The summed E-state index contributed by atoms with van der Waals surface area (Å²) in [7, 11) is 0. The van der Waals surface area contributed by atoms with Crippen LogP contribution in [0.3, 0.4) is 0 Å². The number of benzene rings is 1. The Morgan fingerprint density at radius 3 is 2.77 bits per heavy atom. The number of fused-ring (bicyclic) bond motifs is 1. The van der Waals surface area contributed by atoms with Gasteiger partial charge in [-0.1, -0.05) is 25.4 Å². The fourth-order valence-corrected chi connectivity index (χ4v) is 3.61. The molecule has 1 aliphatic rings. The third-order valence-corrected chi connectivity index (χ3v) is 4.60. The number of halogens is 1. The standard InChI is InChI=1S/C17H22ClN3O/c1-12-7-13(2)11-20(10-12)17(22)5-6-21-16-8-15(18)4-3-14(16)9-19-21/h3-4,8-9,12-13H,5-7,10-11H2,1-2H3/t12-,13+. The Labute approximate surface area is 136 Å². The van der Waals surface area contributed by atoms with Gasteiger partial charge in [-0.05, 0) is 36.5 Å². The maximum atomic E-state index is 12.4. The SMILES string of the molecule is C[C@@H]1C[C@H](C)CN(C(=O)CCn2ncc3ccc(Cl)cc32)C1. The third kappa shape index (κ3) is 3.27. The largest absolute Gasteiger partial charge is 0.342 e. The van der Waals surface area contributed by atoms with E-state index in [2.05, 4.69) is 18.9 Å². The first-order valence-corrected chi connectivity index (χ1v) is 8.29. The van der Waals surface area contributed by atoms with Crippen LogP contribution in [0.5, 0.6) is 0 Å². The Hall–Kier alpha value is -1.55. The lowest BCUT2D eigenvalue weighted by Gasteiger charge is -2.35. The van der Waals surface area contributed by atoms with Gasteiger partial charge in [0.2, 0.25) is 5.91 Å². The van der Waals surface area contributed by atoms with Crippen molar-refractivity contribution in [3.05, 3.63) is 29.4 Å². The van der Waals surface area contributed by atoms with Crippen LogP contribution >= 0.6 is 11.6 Å². The normalized spacial score (nSPS) is 22.2. The number of amides is 1. The first-order valence-electron chi connectivity index (χ1n) is 7.92. The number of hydrogen-bond donors (Lipinski definition) is 0. The highest BCUT2D eigenvalue weighted by atomic mass is 35.5. The first kappa shape index (κ1) is 15.3. The molecular weight excluding hydrogens is 298 g/mol. The molecule has 1 saturated heterocycles. The fraction of sp³-hybridized carbons (Fsp3) is 0.529. The summed E-state index contributed by atoms with van der Waals surface area (Å²) in [5.41, 5.74) is 0.987. The van der Waals surface area contributed by atoms with Crippen molar-refractivity contribution >= 4 is 28.4 Å². The van der Waals surface area contributed by atoms with E-state index in [9.17, 15) is 4.79 Å². The Bertz CT molecular complexity index is 672. The summed E-state index contributed by atoms with van der Waals surface area (Å²) in [6.45, 7) is 6.81. The number of hydrogen-bond acceptors (Lipinski definition) is 2. The summed E-state index contributed by atoms with van der Waals surface area (Å²) in [4.78, 5) is 14.5. The molecule has 1 fully saturated rings. The van der Waals surface area contributed by atoms with Crippen LogP contribution in [0.2, 0.25) is 5.02 Å². The number of piperidine rings is 1. The average molecular weight is 320 g/mol. The predicted molar refractivity (Wildman–Crippen MR) is 88.9 cm³/mol. The van der Waals surface area contributed by atoms with Crippen molar-refractivity contribution in [2.45, 2.75) is 33.2 Å². The lowest BCUT2D eigenvalue weighted by atomic mass is 9.92. The quantitative estimate of drug-likeness (QED) is 0.867. The maximum absolute atomic E-state index is 12.4. The molecule has 0 radical (unpaired) electrons. The molecule has 0 spiro atoms. The van der Waals surface area contributed by atoms with Crippen LogP contribution in [0.25, 0.3) is 10.9 Å². The Morgan fingerprint density at radius 2 is 2.05 bits per heavy atom. The molecule has 0 N–H and O–H groups in total. The van der Waals surface area contributed by atoms with Gasteiger partial charge in [0.25, 0.3) is 0 Å². The zero-order chi connectivity index (χ0) is 15.7. The second kappa shape index (κ2) is 6.29. The number of nitrogens with zero attached hydrogens (tertiary/aromatic N) is 3. The minimum atomic E-state index is 0.226. The van der Waals surface area contributed by atoms with Crippen molar-refractivity contribution in [1.82, 2.24) is 14.7 Å².